The van der Waals surface area contributed by atoms with Crippen LogP contribution in [0.4, 0.5) is 4.79 Å². The van der Waals surface area contributed by atoms with E-state index in [1.54, 1.807) is 63.4 Å². The van der Waals surface area contributed by atoms with Gasteiger partial charge in [-0.3, -0.25) is 19.5 Å². The molecule has 3 amide bonds. The monoisotopic (exact) mass is 367 g/mol. The molecular weight excluding hydrogens is 346 g/mol. The minimum absolute atomic E-state index is 0.0888. The van der Waals surface area contributed by atoms with Gasteiger partial charge in [0, 0.05) is 6.20 Å². The maximum atomic E-state index is 12.5. The van der Waals surface area contributed by atoms with Crippen LogP contribution in [0.15, 0.2) is 42.6 Å². The van der Waals surface area contributed by atoms with Crippen LogP contribution in [-0.4, -0.2) is 33.4 Å². The zero-order chi connectivity index (χ0) is 19.6. The van der Waals surface area contributed by atoms with Gasteiger partial charge in [-0.1, -0.05) is 18.2 Å². The molecule has 1 aromatic heterocycles. The molecule has 2 heterocycles. The third kappa shape index (κ3) is 4.13. The number of hydrogen-bond acceptors (Lipinski definition) is 5. The molecule has 0 spiro atoms. The molecule has 0 atom stereocenters. The molecule has 0 saturated carbocycles. The van der Waals surface area contributed by atoms with Crippen LogP contribution in [0.3, 0.4) is 0 Å². The number of hydrogen-bond donors (Lipinski definition) is 1. The normalized spacial score (nSPS) is 13.5. The highest BCUT2D eigenvalue weighted by Gasteiger charge is 2.35. The van der Waals surface area contributed by atoms with E-state index in [0.717, 1.165) is 0 Å². The fourth-order valence-corrected chi connectivity index (χ4v) is 2.80. The Labute approximate surface area is 157 Å². The smallest absolute Gasteiger partial charge is 0.407 e. The number of ether oxygens (including phenoxy) is 1. The van der Waals surface area contributed by atoms with E-state index < -0.39 is 11.7 Å². The second kappa shape index (κ2) is 7.19. The first-order valence-corrected chi connectivity index (χ1v) is 8.61. The Morgan fingerprint density at radius 3 is 2.30 bits per heavy atom. The average Bonchev–Trinajstić information content (AvgIpc) is 2.85. The number of fused-ring (bicyclic) bond motifs is 1. The van der Waals surface area contributed by atoms with E-state index in [9.17, 15) is 14.4 Å². The van der Waals surface area contributed by atoms with Crippen LogP contribution in [0.5, 0.6) is 0 Å². The summed E-state index contributed by atoms with van der Waals surface area (Å²) in [4.78, 5) is 42.4. The number of nitrogens with zero attached hydrogens (tertiary/aromatic N) is 2. The fourth-order valence-electron chi connectivity index (χ4n) is 2.80. The lowest BCUT2D eigenvalue weighted by molar-refractivity contribution is 0.0519. The predicted molar refractivity (Wildman–Crippen MR) is 98.0 cm³/mol. The number of benzene rings is 1. The molecule has 0 unspecified atom stereocenters. The highest BCUT2D eigenvalue weighted by atomic mass is 16.6. The Balaban J connectivity index is 1.73. The SMILES string of the molecule is CC(C)(C)OC(=O)NCc1ncccc1CN1C(=O)c2ccccc2C1=O. The maximum absolute atomic E-state index is 12.5. The van der Waals surface area contributed by atoms with Crippen molar-refractivity contribution in [3.8, 4) is 0 Å². The van der Waals surface area contributed by atoms with Gasteiger partial charge >= 0.3 is 6.09 Å². The Kier molecular flexibility index (Phi) is 4.94. The minimum Gasteiger partial charge on any atom is -0.444 e. The van der Waals surface area contributed by atoms with Gasteiger partial charge < -0.3 is 10.1 Å². The van der Waals surface area contributed by atoms with Gasteiger partial charge in [0.1, 0.15) is 5.60 Å². The van der Waals surface area contributed by atoms with Crippen molar-refractivity contribution in [2.45, 2.75) is 39.5 Å². The molecule has 3 rings (SSSR count). The van der Waals surface area contributed by atoms with Crippen LogP contribution in [0.25, 0.3) is 0 Å². The lowest BCUT2D eigenvalue weighted by Crippen LogP contribution is -2.33. The molecule has 0 fully saturated rings. The van der Waals surface area contributed by atoms with Crippen molar-refractivity contribution in [2.75, 3.05) is 0 Å². The minimum atomic E-state index is -0.600. The highest BCUT2D eigenvalue weighted by molar-refractivity contribution is 6.21. The zero-order valence-corrected chi connectivity index (χ0v) is 15.5. The molecule has 7 heteroatoms. The number of carbonyl (C=O) groups excluding carboxylic acids is 3. The van der Waals surface area contributed by atoms with E-state index in [2.05, 4.69) is 10.3 Å². The van der Waals surface area contributed by atoms with E-state index in [1.165, 1.54) is 4.90 Å². The number of amides is 3. The van der Waals surface area contributed by atoms with Crippen LogP contribution in [0, 0.1) is 0 Å². The summed E-state index contributed by atoms with van der Waals surface area (Å²) in [6, 6.07) is 10.3. The van der Waals surface area contributed by atoms with Gasteiger partial charge in [0.25, 0.3) is 11.8 Å². The summed E-state index contributed by atoms with van der Waals surface area (Å²) in [5, 5.41) is 2.65. The van der Waals surface area contributed by atoms with Crippen molar-refractivity contribution in [3.63, 3.8) is 0 Å². The summed E-state index contributed by atoms with van der Waals surface area (Å²) in [7, 11) is 0. The molecule has 1 aliphatic heterocycles. The molecule has 0 radical (unpaired) electrons. The Bertz CT molecular complexity index is 867. The molecule has 1 aromatic carbocycles. The van der Waals surface area contributed by atoms with Gasteiger partial charge in [-0.2, -0.15) is 0 Å². The zero-order valence-electron chi connectivity index (χ0n) is 15.5. The first-order valence-electron chi connectivity index (χ1n) is 8.61. The molecule has 1 aliphatic rings. The predicted octanol–water partition coefficient (Wildman–Crippen LogP) is 2.90. The van der Waals surface area contributed by atoms with Gasteiger partial charge in [0.15, 0.2) is 0 Å². The number of imide groups is 1. The molecule has 140 valence electrons. The van der Waals surface area contributed by atoms with Crippen LogP contribution in [0.1, 0.15) is 52.7 Å². The van der Waals surface area contributed by atoms with E-state index >= 15 is 0 Å². The summed E-state index contributed by atoms with van der Waals surface area (Å²) >= 11 is 0. The number of pyridine rings is 1. The molecule has 0 bridgehead atoms. The van der Waals surface area contributed by atoms with Crippen molar-refractivity contribution in [2.24, 2.45) is 0 Å². The molecule has 1 N–H and O–H groups in total. The maximum Gasteiger partial charge on any atom is 0.407 e. The van der Waals surface area contributed by atoms with E-state index in [0.29, 0.717) is 22.4 Å². The Morgan fingerprint density at radius 1 is 1.07 bits per heavy atom. The van der Waals surface area contributed by atoms with Crippen LogP contribution in [-0.2, 0) is 17.8 Å². The van der Waals surface area contributed by atoms with Crippen molar-refractivity contribution >= 4 is 17.9 Å². The molecule has 27 heavy (non-hydrogen) atoms. The molecule has 0 saturated heterocycles. The van der Waals surface area contributed by atoms with Crippen molar-refractivity contribution in [3.05, 3.63) is 65.0 Å². The van der Waals surface area contributed by atoms with Crippen LogP contribution >= 0.6 is 0 Å². The fraction of sp³-hybridized carbons (Fsp3) is 0.300. The van der Waals surface area contributed by atoms with E-state index in [1.807, 2.05) is 0 Å². The summed E-state index contributed by atoms with van der Waals surface area (Å²) in [6.45, 7) is 5.56. The third-order valence-corrected chi connectivity index (χ3v) is 3.99. The second-order valence-electron chi connectivity index (χ2n) is 7.21. The first kappa shape index (κ1) is 18.6. The number of carbonyl (C=O) groups is 3. The van der Waals surface area contributed by atoms with Crippen molar-refractivity contribution in [1.82, 2.24) is 15.2 Å². The molecule has 2 aromatic rings. The van der Waals surface area contributed by atoms with Crippen LogP contribution < -0.4 is 5.32 Å². The van der Waals surface area contributed by atoms with Crippen molar-refractivity contribution < 1.29 is 19.1 Å². The molecular formula is C20H21N3O4. The van der Waals surface area contributed by atoms with E-state index in [-0.39, 0.29) is 24.9 Å². The molecule has 0 aliphatic carbocycles. The van der Waals surface area contributed by atoms with Gasteiger partial charge in [-0.05, 0) is 44.5 Å². The summed E-state index contributed by atoms with van der Waals surface area (Å²) in [6.07, 6.45) is 1.04. The van der Waals surface area contributed by atoms with Crippen LogP contribution in [0.2, 0.25) is 0 Å². The third-order valence-electron chi connectivity index (χ3n) is 3.99. The average molecular weight is 367 g/mol. The van der Waals surface area contributed by atoms with Gasteiger partial charge in [-0.25, -0.2) is 4.79 Å². The first-order chi connectivity index (χ1) is 12.8. The van der Waals surface area contributed by atoms with Gasteiger partial charge in [0.2, 0.25) is 0 Å². The quantitative estimate of drug-likeness (QED) is 0.840. The lowest BCUT2D eigenvalue weighted by Gasteiger charge is -2.20. The Morgan fingerprint density at radius 2 is 1.70 bits per heavy atom. The number of aromatic nitrogens is 1. The number of alkyl carbamates (subject to hydrolysis) is 1. The topological polar surface area (TPSA) is 88.6 Å². The standard InChI is InChI=1S/C20H21N3O4/c1-20(2,3)27-19(26)22-11-16-13(7-6-10-21-16)12-23-17(24)14-8-4-5-9-15(14)18(23)25/h4-10H,11-12H2,1-3H3,(H,22,26). The summed E-state index contributed by atoms with van der Waals surface area (Å²) < 4.78 is 5.21. The van der Waals surface area contributed by atoms with E-state index in [4.69, 9.17) is 4.74 Å². The lowest BCUT2D eigenvalue weighted by atomic mass is 10.1. The van der Waals surface area contributed by atoms with Gasteiger partial charge in [-0.15, -0.1) is 0 Å². The number of rotatable bonds is 4. The van der Waals surface area contributed by atoms with Gasteiger partial charge in [0.05, 0.1) is 29.9 Å². The summed E-state index contributed by atoms with van der Waals surface area (Å²) in [5.74, 6) is -0.656. The second-order valence-corrected chi connectivity index (χ2v) is 7.21. The molecule has 7 nitrogen and oxygen atoms in total. The highest BCUT2D eigenvalue weighted by Crippen LogP contribution is 2.24. The number of nitrogens with one attached hydrogen (secondary N) is 1. The summed E-state index contributed by atoms with van der Waals surface area (Å²) in [5.41, 5.74) is 1.46. The largest absolute Gasteiger partial charge is 0.444 e. The Hall–Kier alpha value is -3.22. The van der Waals surface area contributed by atoms with Crippen molar-refractivity contribution in [1.29, 1.82) is 0 Å².